The highest BCUT2D eigenvalue weighted by Crippen LogP contribution is 2.24. The topological polar surface area (TPSA) is 41.0 Å². The van der Waals surface area contributed by atoms with Crippen molar-refractivity contribution < 1.29 is 0 Å². The van der Waals surface area contributed by atoms with Gasteiger partial charge in [-0.25, -0.2) is 9.97 Å². The van der Waals surface area contributed by atoms with Crippen LogP contribution >= 0.6 is 0 Å². The average molecular weight is 284 g/mol. The molecule has 1 heterocycles. The van der Waals surface area contributed by atoms with Gasteiger partial charge in [-0.05, 0) is 31.4 Å². The highest BCUT2D eigenvalue weighted by Gasteiger charge is 2.07. The van der Waals surface area contributed by atoms with Gasteiger partial charge in [-0.2, -0.15) is 0 Å². The maximum atomic E-state index is 4.35. The largest absolute Gasteiger partial charge is 0.360 e. The van der Waals surface area contributed by atoms with Gasteiger partial charge in [0, 0.05) is 25.3 Å². The minimum atomic E-state index is 0.834. The quantitative estimate of drug-likeness (QED) is 0.868. The first-order valence-corrected chi connectivity index (χ1v) is 7.48. The van der Waals surface area contributed by atoms with Crippen molar-refractivity contribution in [1.82, 2.24) is 9.97 Å². The molecule has 21 heavy (non-hydrogen) atoms. The normalized spacial score (nSPS) is 10.5. The molecule has 0 aliphatic carbocycles. The van der Waals surface area contributed by atoms with Gasteiger partial charge in [0.15, 0.2) is 0 Å². The summed E-state index contributed by atoms with van der Waals surface area (Å²) in [6.07, 6.45) is 3.97. The smallest absolute Gasteiger partial charge is 0.135 e. The van der Waals surface area contributed by atoms with E-state index in [0.29, 0.717) is 0 Å². The Labute approximate surface area is 127 Å². The molecule has 0 saturated heterocycles. The summed E-state index contributed by atoms with van der Waals surface area (Å²) in [7, 11) is 2.07. The molecule has 4 heteroatoms. The fourth-order valence-electron chi connectivity index (χ4n) is 2.27. The molecule has 0 spiro atoms. The van der Waals surface area contributed by atoms with Gasteiger partial charge < -0.3 is 10.2 Å². The Kier molecular flexibility index (Phi) is 5.14. The Morgan fingerprint density at radius 3 is 2.52 bits per heavy atom. The van der Waals surface area contributed by atoms with Crippen LogP contribution in [0.25, 0.3) is 0 Å². The molecular formula is C17H24N4. The Bertz CT molecular complexity index is 575. The molecule has 0 atom stereocenters. The van der Waals surface area contributed by atoms with E-state index in [-0.39, 0.29) is 0 Å². The van der Waals surface area contributed by atoms with Crippen molar-refractivity contribution >= 4 is 17.3 Å². The molecule has 0 bridgehead atoms. The fourth-order valence-corrected chi connectivity index (χ4v) is 2.27. The van der Waals surface area contributed by atoms with E-state index in [1.54, 1.807) is 6.33 Å². The van der Waals surface area contributed by atoms with Crippen LogP contribution in [0.2, 0.25) is 0 Å². The number of aromatic nitrogens is 2. The van der Waals surface area contributed by atoms with Crippen molar-refractivity contribution in [2.24, 2.45) is 0 Å². The number of rotatable bonds is 6. The predicted molar refractivity (Wildman–Crippen MR) is 89.4 cm³/mol. The molecule has 1 N–H and O–H groups in total. The number of para-hydroxylation sites is 1. The van der Waals surface area contributed by atoms with Crippen LogP contribution in [0.5, 0.6) is 0 Å². The number of benzene rings is 1. The lowest BCUT2D eigenvalue weighted by Crippen LogP contribution is -2.19. The predicted octanol–water partition coefficient (Wildman–Crippen LogP) is 4.07. The molecule has 0 amide bonds. The summed E-state index contributed by atoms with van der Waals surface area (Å²) < 4.78 is 0. The van der Waals surface area contributed by atoms with Crippen molar-refractivity contribution in [2.75, 3.05) is 23.8 Å². The number of hydrogen-bond donors (Lipinski definition) is 1. The Morgan fingerprint density at radius 2 is 1.86 bits per heavy atom. The van der Waals surface area contributed by atoms with E-state index in [1.165, 1.54) is 24.0 Å². The highest BCUT2D eigenvalue weighted by molar-refractivity contribution is 5.65. The zero-order valence-electron chi connectivity index (χ0n) is 13.3. The third-order valence-electron chi connectivity index (χ3n) is 3.63. The van der Waals surface area contributed by atoms with Crippen LogP contribution in [-0.4, -0.2) is 23.6 Å². The molecule has 0 saturated carbocycles. The molecule has 0 aliphatic rings. The number of nitrogens with zero attached hydrogens (tertiary/aromatic N) is 3. The second-order valence-electron chi connectivity index (χ2n) is 5.43. The molecule has 1 aromatic carbocycles. The van der Waals surface area contributed by atoms with E-state index in [2.05, 4.69) is 66.2 Å². The van der Waals surface area contributed by atoms with Gasteiger partial charge in [0.2, 0.25) is 0 Å². The summed E-state index contributed by atoms with van der Waals surface area (Å²) in [6.45, 7) is 7.41. The van der Waals surface area contributed by atoms with Crippen LogP contribution in [0.3, 0.4) is 0 Å². The summed E-state index contributed by atoms with van der Waals surface area (Å²) in [5, 5.41) is 3.41. The molecule has 0 aliphatic heterocycles. The van der Waals surface area contributed by atoms with Crippen molar-refractivity contribution in [3.8, 4) is 0 Å². The first kappa shape index (κ1) is 15.3. The third kappa shape index (κ3) is 3.94. The molecule has 2 aromatic rings. The van der Waals surface area contributed by atoms with Crippen LogP contribution in [0.1, 0.15) is 30.9 Å². The fraction of sp³-hybridized carbons (Fsp3) is 0.412. The molecule has 1 aromatic heterocycles. The monoisotopic (exact) mass is 284 g/mol. The van der Waals surface area contributed by atoms with Gasteiger partial charge in [0.25, 0.3) is 0 Å². The number of hydrogen-bond acceptors (Lipinski definition) is 4. The van der Waals surface area contributed by atoms with Gasteiger partial charge in [0.05, 0.1) is 0 Å². The molecule has 0 unspecified atom stereocenters. The van der Waals surface area contributed by atoms with Gasteiger partial charge in [0.1, 0.15) is 18.0 Å². The first-order valence-electron chi connectivity index (χ1n) is 7.48. The minimum Gasteiger partial charge on any atom is -0.360 e. The van der Waals surface area contributed by atoms with E-state index >= 15 is 0 Å². The summed E-state index contributed by atoms with van der Waals surface area (Å²) in [4.78, 5) is 10.9. The highest BCUT2D eigenvalue weighted by atomic mass is 15.2. The summed E-state index contributed by atoms with van der Waals surface area (Å²) in [5.74, 6) is 1.79. The minimum absolute atomic E-state index is 0.834. The molecule has 4 nitrogen and oxygen atoms in total. The average Bonchev–Trinajstić information content (AvgIpc) is 2.49. The number of anilines is 3. The maximum Gasteiger partial charge on any atom is 0.135 e. The standard InChI is InChI=1S/C17H24N4/c1-5-6-10-21(4)16-11-15(18-12-19-16)20-17-13(2)8-7-9-14(17)3/h7-9,11-12H,5-6,10H2,1-4H3,(H,18,19,20). The van der Waals surface area contributed by atoms with E-state index in [0.717, 1.165) is 23.9 Å². The van der Waals surface area contributed by atoms with E-state index < -0.39 is 0 Å². The summed E-state index contributed by atoms with van der Waals surface area (Å²) in [5.41, 5.74) is 3.56. The second kappa shape index (κ2) is 7.07. The van der Waals surface area contributed by atoms with Crippen molar-refractivity contribution in [1.29, 1.82) is 0 Å². The molecule has 0 fully saturated rings. The van der Waals surface area contributed by atoms with Gasteiger partial charge in [-0.15, -0.1) is 0 Å². The first-order chi connectivity index (χ1) is 10.1. The third-order valence-corrected chi connectivity index (χ3v) is 3.63. The zero-order chi connectivity index (χ0) is 15.2. The van der Waals surface area contributed by atoms with Crippen molar-refractivity contribution in [3.05, 3.63) is 41.7 Å². The van der Waals surface area contributed by atoms with Crippen LogP contribution in [0, 0.1) is 13.8 Å². The SMILES string of the molecule is CCCCN(C)c1cc(Nc2c(C)cccc2C)ncn1. The van der Waals surface area contributed by atoms with Crippen molar-refractivity contribution in [2.45, 2.75) is 33.6 Å². The lowest BCUT2D eigenvalue weighted by molar-refractivity contribution is 0.758. The summed E-state index contributed by atoms with van der Waals surface area (Å²) >= 11 is 0. The summed E-state index contributed by atoms with van der Waals surface area (Å²) in [6, 6.07) is 8.27. The molecular weight excluding hydrogens is 260 g/mol. The van der Waals surface area contributed by atoms with Gasteiger partial charge in [-0.3, -0.25) is 0 Å². The van der Waals surface area contributed by atoms with Crippen LogP contribution < -0.4 is 10.2 Å². The maximum absolute atomic E-state index is 4.35. The Morgan fingerprint density at radius 1 is 1.14 bits per heavy atom. The number of unbranched alkanes of at least 4 members (excludes halogenated alkanes) is 1. The van der Waals surface area contributed by atoms with E-state index in [9.17, 15) is 0 Å². The lowest BCUT2D eigenvalue weighted by Gasteiger charge is -2.18. The zero-order valence-corrected chi connectivity index (χ0v) is 13.3. The van der Waals surface area contributed by atoms with Gasteiger partial charge >= 0.3 is 0 Å². The van der Waals surface area contributed by atoms with Crippen LogP contribution in [0.15, 0.2) is 30.6 Å². The van der Waals surface area contributed by atoms with Gasteiger partial charge in [-0.1, -0.05) is 31.5 Å². The lowest BCUT2D eigenvalue weighted by atomic mass is 10.1. The Hall–Kier alpha value is -2.10. The molecule has 2 rings (SSSR count). The van der Waals surface area contributed by atoms with E-state index in [4.69, 9.17) is 0 Å². The molecule has 0 radical (unpaired) electrons. The van der Waals surface area contributed by atoms with Crippen LogP contribution in [0.4, 0.5) is 17.3 Å². The number of nitrogens with one attached hydrogen (secondary N) is 1. The Balaban J connectivity index is 2.18. The number of aryl methyl sites for hydroxylation is 2. The second-order valence-corrected chi connectivity index (χ2v) is 5.43. The van der Waals surface area contributed by atoms with E-state index in [1.807, 2.05) is 6.07 Å². The van der Waals surface area contributed by atoms with Crippen LogP contribution in [-0.2, 0) is 0 Å². The molecule has 112 valence electrons. The van der Waals surface area contributed by atoms with Crippen molar-refractivity contribution in [3.63, 3.8) is 0 Å².